The maximum absolute atomic E-state index is 5.77. The lowest BCUT2D eigenvalue weighted by atomic mass is 10.1. The first-order chi connectivity index (χ1) is 5.66. The van der Waals surface area contributed by atoms with Crippen LogP contribution in [0.1, 0.15) is 17.9 Å². The molecule has 1 saturated carbocycles. The lowest BCUT2D eigenvalue weighted by Crippen LogP contribution is -2.00. The second-order valence-corrected chi connectivity index (χ2v) is 5.04. The van der Waals surface area contributed by atoms with E-state index in [0.717, 1.165) is 15.4 Å². The summed E-state index contributed by atoms with van der Waals surface area (Å²) in [4.78, 5) is 0. The van der Waals surface area contributed by atoms with Crippen LogP contribution in [0.25, 0.3) is 0 Å². The van der Waals surface area contributed by atoms with Gasteiger partial charge >= 0.3 is 0 Å². The van der Waals surface area contributed by atoms with Crippen molar-refractivity contribution in [3.63, 3.8) is 0 Å². The number of rotatable bonds is 1. The molecule has 0 radical (unpaired) electrons. The van der Waals surface area contributed by atoms with Crippen molar-refractivity contribution in [3.8, 4) is 0 Å². The van der Waals surface area contributed by atoms with Crippen molar-refractivity contribution < 1.29 is 0 Å². The van der Waals surface area contributed by atoms with Crippen LogP contribution < -0.4 is 5.73 Å². The van der Waals surface area contributed by atoms with Crippen molar-refractivity contribution in [2.24, 2.45) is 5.73 Å². The lowest BCUT2D eigenvalue weighted by Gasteiger charge is -2.00. The fourth-order valence-corrected chi connectivity index (χ4v) is 2.72. The molecule has 2 N–H and O–H groups in total. The first-order valence-electron chi connectivity index (χ1n) is 3.88. The summed E-state index contributed by atoms with van der Waals surface area (Å²) in [6, 6.07) is 6.70. The molecule has 2 atom stereocenters. The predicted molar refractivity (Wildman–Crippen MR) is 64.4 cm³/mol. The predicted octanol–water partition coefficient (Wildman–Crippen LogP) is 3.45. The van der Waals surface area contributed by atoms with Crippen LogP contribution >= 0.6 is 44.3 Å². The summed E-state index contributed by atoms with van der Waals surface area (Å²) in [5.74, 6) is 0.582. The first kappa shape index (κ1) is 11.5. The molecule has 1 aliphatic rings. The smallest absolute Gasteiger partial charge is 0.0189 e. The fourth-order valence-electron chi connectivity index (χ4n) is 1.39. The van der Waals surface area contributed by atoms with Gasteiger partial charge in [-0.3, -0.25) is 0 Å². The highest BCUT2D eigenvalue weighted by molar-refractivity contribution is 9.11. The van der Waals surface area contributed by atoms with E-state index in [4.69, 9.17) is 5.73 Å². The molecule has 0 aromatic heterocycles. The molecule has 2 rings (SSSR count). The summed E-state index contributed by atoms with van der Waals surface area (Å²) in [5.41, 5.74) is 7.10. The van der Waals surface area contributed by atoms with Crippen molar-refractivity contribution in [2.75, 3.05) is 0 Å². The molecule has 1 aromatic rings. The Hall–Kier alpha value is 0.430. The van der Waals surface area contributed by atoms with Gasteiger partial charge in [-0.1, -0.05) is 31.9 Å². The second-order valence-electron chi connectivity index (χ2n) is 3.21. The third-order valence-corrected chi connectivity index (χ3v) is 3.07. The van der Waals surface area contributed by atoms with Crippen LogP contribution in [0, 0.1) is 0 Å². The van der Waals surface area contributed by atoms with Gasteiger partial charge in [0.2, 0.25) is 0 Å². The van der Waals surface area contributed by atoms with Crippen LogP contribution in [0.5, 0.6) is 0 Å². The Kier molecular flexibility index (Phi) is 3.81. The SMILES string of the molecule is Cl.N[C@@H]1C[C@H]1c1cc(Br)cc(Br)c1. The molecule has 0 saturated heterocycles. The molecule has 4 heteroatoms. The zero-order chi connectivity index (χ0) is 8.72. The van der Waals surface area contributed by atoms with E-state index in [1.165, 1.54) is 5.56 Å². The third-order valence-electron chi connectivity index (χ3n) is 2.15. The van der Waals surface area contributed by atoms with Crippen molar-refractivity contribution >= 4 is 44.3 Å². The maximum atomic E-state index is 5.77. The van der Waals surface area contributed by atoms with E-state index in [1.807, 2.05) is 6.07 Å². The zero-order valence-electron chi connectivity index (χ0n) is 6.84. The van der Waals surface area contributed by atoms with E-state index < -0.39 is 0 Å². The average Bonchev–Trinajstić information content (AvgIpc) is 2.64. The Balaban J connectivity index is 0.000000845. The summed E-state index contributed by atoms with van der Waals surface area (Å²) < 4.78 is 2.23. The molecule has 0 heterocycles. The normalized spacial score (nSPS) is 25.2. The summed E-state index contributed by atoms with van der Waals surface area (Å²) in [7, 11) is 0. The highest BCUT2D eigenvalue weighted by Crippen LogP contribution is 2.40. The van der Waals surface area contributed by atoms with Crippen molar-refractivity contribution in [2.45, 2.75) is 18.4 Å². The van der Waals surface area contributed by atoms with E-state index in [-0.39, 0.29) is 12.4 Å². The highest BCUT2D eigenvalue weighted by atomic mass is 79.9. The molecule has 0 spiro atoms. The summed E-state index contributed by atoms with van der Waals surface area (Å²) in [6.07, 6.45) is 1.13. The van der Waals surface area contributed by atoms with Crippen LogP contribution in [0.2, 0.25) is 0 Å². The molecule has 1 fully saturated rings. The van der Waals surface area contributed by atoms with Gasteiger partial charge in [0.1, 0.15) is 0 Å². The van der Waals surface area contributed by atoms with Crippen LogP contribution in [0.4, 0.5) is 0 Å². The van der Waals surface area contributed by atoms with Gasteiger partial charge < -0.3 is 5.73 Å². The molecule has 0 bridgehead atoms. The van der Waals surface area contributed by atoms with Crippen LogP contribution in [0.3, 0.4) is 0 Å². The largest absolute Gasteiger partial charge is 0.327 e. The van der Waals surface area contributed by atoms with Gasteiger partial charge in [0.15, 0.2) is 0 Å². The van der Waals surface area contributed by atoms with Gasteiger partial charge in [-0.2, -0.15) is 0 Å². The van der Waals surface area contributed by atoms with Gasteiger partial charge in [-0.25, -0.2) is 0 Å². The van der Waals surface area contributed by atoms with Gasteiger partial charge in [0, 0.05) is 20.9 Å². The zero-order valence-corrected chi connectivity index (χ0v) is 10.8. The minimum atomic E-state index is 0. The van der Waals surface area contributed by atoms with E-state index in [1.54, 1.807) is 0 Å². The number of nitrogens with two attached hydrogens (primary N) is 1. The van der Waals surface area contributed by atoms with Gasteiger partial charge in [0.05, 0.1) is 0 Å². The number of hydrogen-bond donors (Lipinski definition) is 1. The Labute approximate surface area is 101 Å². The highest BCUT2D eigenvalue weighted by Gasteiger charge is 2.34. The molecule has 0 amide bonds. The topological polar surface area (TPSA) is 26.0 Å². The molecule has 1 aliphatic carbocycles. The minimum Gasteiger partial charge on any atom is -0.327 e. The Bertz CT molecular complexity index is 296. The summed E-state index contributed by atoms with van der Waals surface area (Å²) >= 11 is 6.92. The molecular formula is C9H10Br2ClN. The standard InChI is InChI=1S/C9H9Br2N.ClH/c10-6-1-5(2-7(11)3-6)8-4-9(8)12;/h1-3,8-9H,4,12H2;1H/t8-,9+;/m0./s1. The van der Waals surface area contributed by atoms with Gasteiger partial charge in [-0.15, -0.1) is 12.4 Å². The average molecular weight is 327 g/mol. The molecule has 1 aromatic carbocycles. The van der Waals surface area contributed by atoms with Crippen molar-refractivity contribution in [3.05, 3.63) is 32.7 Å². The minimum absolute atomic E-state index is 0. The third kappa shape index (κ3) is 2.69. The van der Waals surface area contributed by atoms with Crippen molar-refractivity contribution in [1.82, 2.24) is 0 Å². The number of hydrogen-bond acceptors (Lipinski definition) is 1. The van der Waals surface area contributed by atoms with Gasteiger partial charge in [0.25, 0.3) is 0 Å². The second kappa shape index (κ2) is 4.30. The number of halogens is 3. The van der Waals surface area contributed by atoms with E-state index in [2.05, 4.69) is 44.0 Å². The van der Waals surface area contributed by atoms with E-state index >= 15 is 0 Å². The monoisotopic (exact) mass is 325 g/mol. The molecule has 0 aliphatic heterocycles. The van der Waals surface area contributed by atoms with Gasteiger partial charge in [-0.05, 0) is 30.2 Å². The summed E-state index contributed by atoms with van der Waals surface area (Å²) in [6.45, 7) is 0. The molecule has 0 unspecified atom stereocenters. The van der Waals surface area contributed by atoms with E-state index in [0.29, 0.717) is 12.0 Å². The van der Waals surface area contributed by atoms with E-state index in [9.17, 15) is 0 Å². The molecule has 13 heavy (non-hydrogen) atoms. The quantitative estimate of drug-likeness (QED) is 0.840. The Morgan fingerprint density at radius 1 is 1.15 bits per heavy atom. The van der Waals surface area contributed by atoms with Crippen LogP contribution in [-0.2, 0) is 0 Å². The van der Waals surface area contributed by atoms with Crippen molar-refractivity contribution in [1.29, 1.82) is 0 Å². The maximum Gasteiger partial charge on any atom is 0.0189 e. The number of benzene rings is 1. The first-order valence-corrected chi connectivity index (χ1v) is 5.47. The molecule has 1 nitrogen and oxygen atoms in total. The van der Waals surface area contributed by atoms with Crippen LogP contribution in [0.15, 0.2) is 27.1 Å². The fraction of sp³-hybridized carbons (Fsp3) is 0.333. The summed E-state index contributed by atoms with van der Waals surface area (Å²) in [5, 5.41) is 0. The Morgan fingerprint density at radius 2 is 1.62 bits per heavy atom. The Morgan fingerprint density at radius 3 is 2.00 bits per heavy atom. The molecule has 72 valence electrons. The lowest BCUT2D eigenvalue weighted by molar-refractivity contribution is 0.988. The van der Waals surface area contributed by atoms with Crippen LogP contribution in [-0.4, -0.2) is 6.04 Å². The molecular weight excluding hydrogens is 317 g/mol.